The number of likely N-dealkylation sites (N-methyl/N-ethyl adjacent to an activating group) is 1. The van der Waals surface area contributed by atoms with Gasteiger partial charge in [0.2, 0.25) is 0 Å². The zero-order valence-corrected chi connectivity index (χ0v) is 15.3. The first-order valence-corrected chi connectivity index (χ1v) is 8.33. The van der Waals surface area contributed by atoms with Gasteiger partial charge in [-0.3, -0.25) is 4.79 Å². The number of rotatable bonds is 9. The minimum absolute atomic E-state index is 0.156. The van der Waals surface area contributed by atoms with Crippen LogP contribution in [0, 0.1) is 11.3 Å². The zero-order valence-electron chi connectivity index (χ0n) is 15.3. The Kier molecular flexibility index (Phi) is 9.38. The molecule has 136 valence electrons. The molecule has 1 amide bonds. The van der Waals surface area contributed by atoms with Gasteiger partial charge in [0.05, 0.1) is 13.2 Å². The van der Waals surface area contributed by atoms with E-state index in [1.165, 1.54) is 0 Å². The van der Waals surface area contributed by atoms with Crippen LogP contribution in [0.25, 0.3) is 0 Å². The van der Waals surface area contributed by atoms with Gasteiger partial charge in [0.1, 0.15) is 11.6 Å². The second-order valence-electron chi connectivity index (χ2n) is 6.13. The SMILES string of the molecule is COCCN(/C=C(/C#N)C(=O)N(C)C1CCN(C)CC1)CCOC. The summed E-state index contributed by atoms with van der Waals surface area (Å²) in [7, 11) is 7.13. The first kappa shape index (κ1) is 20.4. The number of hydrogen-bond acceptors (Lipinski definition) is 6. The number of carbonyl (C=O) groups is 1. The van der Waals surface area contributed by atoms with Gasteiger partial charge in [-0.1, -0.05) is 0 Å². The highest BCUT2D eigenvalue weighted by Crippen LogP contribution is 2.16. The molecule has 0 radical (unpaired) electrons. The highest BCUT2D eigenvalue weighted by Gasteiger charge is 2.26. The van der Waals surface area contributed by atoms with Crippen LogP contribution in [0.2, 0.25) is 0 Å². The topological polar surface area (TPSA) is 69.0 Å². The molecule has 1 aliphatic heterocycles. The van der Waals surface area contributed by atoms with Gasteiger partial charge in [-0.2, -0.15) is 5.26 Å². The molecule has 7 heteroatoms. The molecule has 1 fully saturated rings. The molecule has 0 aromatic heterocycles. The van der Waals surface area contributed by atoms with Crippen LogP contribution in [0.3, 0.4) is 0 Å². The van der Waals surface area contributed by atoms with Gasteiger partial charge < -0.3 is 24.2 Å². The fraction of sp³-hybridized carbons (Fsp3) is 0.765. The quantitative estimate of drug-likeness (QED) is 0.451. The molecule has 0 aromatic rings. The van der Waals surface area contributed by atoms with Crippen molar-refractivity contribution in [3.8, 4) is 6.07 Å². The summed E-state index contributed by atoms with van der Waals surface area (Å²) in [4.78, 5) is 18.5. The second-order valence-corrected chi connectivity index (χ2v) is 6.13. The Labute approximate surface area is 145 Å². The van der Waals surface area contributed by atoms with E-state index in [9.17, 15) is 10.1 Å². The number of ether oxygens (including phenoxy) is 2. The van der Waals surface area contributed by atoms with Gasteiger partial charge in [0.25, 0.3) is 5.91 Å². The van der Waals surface area contributed by atoms with Crippen molar-refractivity contribution >= 4 is 5.91 Å². The van der Waals surface area contributed by atoms with E-state index in [0.717, 1.165) is 25.9 Å². The summed E-state index contributed by atoms with van der Waals surface area (Å²) < 4.78 is 10.2. The molecular weight excluding hydrogens is 308 g/mol. The number of nitrogens with zero attached hydrogens (tertiary/aromatic N) is 4. The number of nitriles is 1. The highest BCUT2D eigenvalue weighted by atomic mass is 16.5. The predicted molar refractivity (Wildman–Crippen MR) is 92.3 cm³/mol. The monoisotopic (exact) mass is 338 g/mol. The zero-order chi connectivity index (χ0) is 17.9. The van der Waals surface area contributed by atoms with E-state index in [2.05, 4.69) is 18.0 Å². The highest BCUT2D eigenvalue weighted by molar-refractivity contribution is 5.97. The predicted octanol–water partition coefficient (Wildman–Crippen LogP) is 0.541. The van der Waals surface area contributed by atoms with Gasteiger partial charge >= 0.3 is 0 Å². The average Bonchev–Trinajstić information content (AvgIpc) is 2.60. The summed E-state index contributed by atoms with van der Waals surface area (Å²) in [6.45, 7) is 4.21. The van der Waals surface area contributed by atoms with Crippen LogP contribution >= 0.6 is 0 Å². The molecule has 0 N–H and O–H groups in total. The smallest absolute Gasteiger partial charge is 0.265 e. The Morgan fingerprint density at radius 2 is 1.79 bits per heavy atom. The molecule has 0 aliphatic carbocycles. The van der Waals surface area contributed by atoms with Crippen molar-refractivity contribution in [1.29, 1.82) is 5.26 Å². The molecule has 7 nitrogen and oxygen atoms in total. The summed E-state index contributed by atoms with van der Waals surface area (Å²) in [5, 5.41) is 9.42. The van der Waals surface area contributed by atoms with Crippen molar-refractivity contribution in [3.63, 3.8) is 0 Å². The van der Waals surface area contributed by atoms with E-state index < -0.39 is 0 Å². The van der Waals surface area contributed by atoms with Crippen molar-refractivity contribution in [2.45, 2.75) is 18.9 Å². The van der Waals surface area contributed by atoms with Crippen molar-refractivity contribution < 1.29 is 14.3 Å². The third kappa shape index (κ3) is 6.48. The van der Waals surface area contributed by atoms with Crippen molar-refractivity contribution in [1.82, 2.24) is 14.7 Å². The van der Waals surface area contributed by atoms with Crippen LogP contribution in [0.15, 0.2) is 11.8 Å². The Morgan fingerprint density at radius 3 is 2.25 bits per heavy atom. The van der Waals surface area contributed by atoms with Crippen LogP contribution < -0.4 is 0 Å². The first-order valence-electron chi connectivity index (χ1n) is 8.33. The lowest BCUT2D eigenvalue weighted by molar-refractivity contribution is -0.128. The lowest BCUT2D eigenvalue weighted by Crippen LogP contribution is -2.45. The van der Waals surface area contributed by atoms with Crippen LogP contribution in [0.5, 0.6) is 0 Å². The standard InChI is InChI=1S/C17H30N4O3/c1-19-7-5-16(6-8-19)20(2)17(22)15(13-18)14-21(9-11-23-3)10-12-24-4/h14,16H,5-12H2,1-4H3/b15-14-. The van der Waals surface area contributed by atoms with Crippen molar-refractivity contribution in [3.05, 3.63) is 11.8 Å². The number of piperidine rings is 1. The molecule has 0 saturated carbocycles. The molecule has 1 rings (SSSR count). The minimum Gasteiger partial charge on any atom is -0.383 e. The third-order valence-corrected chi connectivity index (χ3v) is 4.38. The van der Waals surface area contributed by atoms with Gasteiger partial charge in [0.15, 0.2) is 0 Å². The molecule has 0 unspecified atom stereocenters. The van der Waals surface area contributed by atoms with Gasteiger partial charge in [-0.25, -0.2) is 0 Å². The Balaban J connectivity index is 2.75. The summed E-state index contributed by atoms with van der Waals surface area (Å²) in [6.07, 6.45) is 3.51. The van der Waals surface area contributed by atoms with Crippen LogP contribution in [-0.2, 0) is 14.3 Å². The Morgan fingerprint density at radius 1 is 1.25 bits per heavy atom. The van der Waals surface area contributed by atoms with E-state index in [1.807, 2.05) is 4.90 Å². The van der Waals surface area contributed by atoms with Crippen LogP contribution in [0.1, 0.15) is 12.8 Å². The van der Waals surface area contributed by atoms with E-state index in [-0.39, 0.29) is 17.5 Å². The molecule has 0 bridgehead atoms. The second kappa shape index (κ2) is 11.0. The lowest BCUT2D eigenvalue weighted by Gasteiger charge is -2.35. The molecule has 1 heterocycles. The largest absolute Gasteiger partial charge is 0.383 e. The maximum absolute atomic E-state index is 12.7. The molecule has 1 aliphatic rings. The van der Waals surface area contributed by atoms with Gasteiger partial charge in [0, 0.05) is 46.6 Å². The van der Waals surface area contributed by atoms with Crippen LogP contribution in [0.4, 0.5) is 0 Å². The van der Waals surface area contributed by atoms with Crippen LogP contribution in [-0.4, -0.2) is 94.4 Å². The van der Waals surface area contributed by atoms with Gasteiger partial charge in [-0.05, 0) is 33.0 Å². The van der Waals surface area contributed by atoms with E-state index in [1.54, 1.807) is 32.4 Å². The Hall–Kier alpha value is -1.62. The molecule has 0 spiro atoms. The summed E-state index contributed by atoms with van der Waals surface area (Å²) in [6, 6.07) is 2.24. The fourth-order valence-corrected chi connectivity index (χ4v) is 2.71. The molecule has 1 saturated heterocycles. The number of methoxy groups -OCH3 is 2. The van der Waals surface area contributed by atoms with E-state index >= 15 is 0 Å². The number of carbonyl (C=O) groups excluding carboxylic acids is 1. The van der Waals surface area contributed by atoms with E-state index in [4.69, 9.17) is 9.47 Å². The fourth-order valence-electron chi connectivity index (χ4n) is 2.71. The van der Waals surface area contributed by atoms with Crippen molar-refractivity contribution in [2.75, 3.05) is 67.7 Å². The number of hydrogen-bond donors (Lipinski definition) is 0. The van der Waals surface area contributed by atoms with Crippen molar-refractivity contribution in [2.24, 2.45) is 0 Å². The molecule has 24 heavy (non-hydrogen) atoms. The maximum Gasteiger partial charge on any atom is 0.265 e. The van der Waals surface area contributed by atoms with E-state index in [0.29, 0.717) is 26.3 Å². The first-order chi connectivity index (χ1) is 11.5. The summed E-state index contributed by atoms with van der Waals surface area (Å²) in [5.74, 6) is -0.216. The molecular formula is C17H30N4O3. The molecule has 0 aromatic carbocycles. The lowest BCUT2D eigenvalue weighted by atomic mass is 10.0. The minimum atomic E-state index is -0.216. The average molecular weight is 338 g/mol. The third-order valence-electron chi connectivity index (χ3n) is 4.38. The summed E-state index contributed by atoms with van der Waals surface area (Å²) in [5.41, 5.74) is 0.156. The van der Waals surface area contributed by atoms with Gasteiger partial charge in [-0.15, -0.1) is 0 Å². The molecule has 0 atom stereocenters. The number of amides is 1. The maximum atomic E-state index is 12.7. The Bertz CT molecular complexity index is 445. The normalized spacial score (nSPS) is 16.7. The number of likely N-dealkylation sites (tertiary alicyclic amines) is 1. The summed E-state index contributed by atoms with van der Waals surface area (Å²) >= 11 is 0.